The summed E-state index contributed by atoms with van der Waals surface area (Å²) in [4.78, 5) is 16.4. The van der Waals surface area contributed by atoms with Gasteiger partial charge in [0.25, 0.3) is 0 Å². The molecule has 4 rings (SSSR count). The number of carbonyl (C=O) groups is 1. The number of hydrogen-bond acceptors (Lipinski definition) is 4. The van der Waals surface area contributed by atoms with Crippen molar-refractivity contribution in [3.8, 4) is 11.4 Å². The normalized spacial score (nSPS) is 10.6. The zero-order chi connectivity index (χ0) is 17.8. The first-order chi connectivity index (χ1) is 12.8. The Balaban J connectivity index is 1.48. The van der Waals surface area contributed by atoms with Crippen molar-refractivity contribution in [3.05, 3.63) is 85.2 Å². The van der Waals surface area contributed by atoms with Gasteiger partial charge in [0.1, 0.15) is 12.7 Å². The summed E-state index contributed by atoms with van der Waals surface area (Å²) in [6, 6.07) is 17.2. The molecule has 0 radical (unpaired) electrons. The van der Waals surface area contributed by atoms with Gasteiger partial charge in [-0.15, -0.1) is 0 Å². The van der Waals surface area contributed by atoms with Crippen LogP contribution in [0.4, 0.5) is 5.69 Å². The van der Waals surface area contributed by atoms with Gasteiger partial charge in [0.2, 0.25) is 5.91 Å². The Bertz CT molecular complexity index is 1010. The summed E-state index contributed by atoms with van der Waals surface area (Å²) in [6.45, 7) is 0. The van der Waals surface area contributed by atoms with Gasteiger partial charge in [-0.05, 0) is 29.8 Å². The molecule has 0 aliphatic heterocycles. The van der Waals surface area contributed by atoms with Crippen LogP contribution >= 0.6 is 0 Å². The minimum Gasteiger partial charge on any atom is -0.324 e. The van der Waals surface area contributed by atoms with Crippen molar-refractivity contribution < 1.29 is 4.79 Å². The summed E-state index contributed by atoms with van der Waals surface area (Å²) in [5, 5.41) is 11.4. The van der Waals surface area contributed by atoms with Gasteiger partial charge < -0.3 is 5.32 Å². The van der Waals surface area contributed by atoms with Gasteiger partial charge in [0.15, 0.2) is 0 Å². The Labute approximate surface area is 149 Å². The lowest BCUT2D eigenvalue weighted by Crippen LogP contribution is -2.15. The molecule has 0 saturated heterocycles. The SMILES string of the molecule is O=C(Cc1cnn(-c2ccccc2)c1)Nc1ccccc1-n1cncn1. The lowest BCUT2D eigenvalue weighted by atomic mass is 10.2. The summed E-state index contributed by atoms with van der Waals surface area (Å²) in [6.07, 6.45) is 6.85. The molecule has 0 aliphatic rings. The minimum absolute atomic E-state index is 0.120. The van der Waals surface area contributed by atoms with Crippen LogP contribution in [0.3, 0.4) is 0 Å². The van der Waals surface area contributed by atoms with Gasteiger partial charge >= 0.3 is 0 Å². The molecule has 7 nitrogen and oxygen atoms in total. The van der Waals surface area contributed by atoms with Crippen molar-refractivity contribution in [2.45, 2.75) is 6.42 Å². The molecule has 0 spiro atoms. The number of hydrogen-bond donors (Lipinski definition) is 1. The summed E-state index contributed by atoms with van der Waals surface area (Å²) in [5.41, 5.74) is 3.23. The maximum absolute atomic E-state index is 12.5. The van der Waals surface area contributed by atoms with E-state index in [2.05, 4.69) is 20.5 Å². The monoisotopic (exact) mass is 344 g/mol. The van der Waals surface area contributed by atoms with E-state index in [9.17, 15) is 4.79 Å². The van der Waals surface area contributed by atoms with Gasteiger partial charge in [-0.3, -0.25) is 4.79 Å². The molecule has 0 saturated carbocycles. The Hall–Kier alpha value is -3.74. The predicted molar refractivity (Wildman–Crippen MR) is 97.3 cm³/mol. The Morgan fingerprint density at radius 3 is 2.58 bits per heavy atom. The largest absolute Gasteiger partial charge is 0.324 e. The smallest absolute Gasteiger partial charge is 0.228 e. The molecule has 0 atom stereocenters. The topological polar surface area (TPSA) is 77.6 Å². The molecule has 1 N–H and O–H groups in total. The van der Waals surface area contributed by atoms with E-state index in [4.69, 9.17) is 0 Å². The first-order valence-corrected chi connectivity index (χ1v) is 8.12. The zero-order valence-corrected chi connectivity index (χ0v) is 13.9. The fourth-order valence-electron chi connectivity index (χ4n) is 2.66. The standard InChI is InChI=1S/C19H16N6O/c26-19(10-15-11-21-24(12-15)16-6-2-1-3-7-16)23-17-8-4-5-9-18(17)25-14-20-13-22-25/h1-9,11-14H,10H2,(H,23,26). The van der Waals surface area contributed by atoms with E-state index in [-0.39, 0.29) is 12.3 Å². The number of amides is 1. The molecular weight excluding hydrogens is 328 g/mol. The number of nitrogens with zero attached hydrogens (tertiary/aromatic N) is 5. The van der Waals surface area contributed by atoms with E-state index in [0.717, 1.165) is 16.9 Å². The van der Waals surface area contributed by atoms with E-state index in [1.807, 2.05) is 60.8 Å². The van der Waals surface area contributed by atoms with Crippen LogP contribution < -0.4 is 5.32 Å². The van der Waals surface area contributed by atoms with Crippen LogP contribution in [-0.4, -0.2) is 30.5 Å². The van der Waals surface area contributed by atoms with E-state index in [1.165, 1.54) is 6.33 Å². The average molecular weight is 344 g/mol. The fourth-order valence-corrected chi connectivity index (χ4v) is 2.66. The third-order valence-corrected chi connectivity index (χ3v) is 3.87. The van der Waals surface area contributed by atoms with Gasteiger partial charge in [-0.1, -0.05) is 30.3 Å². The molecule has 2 heterocycles. The first-order valence-electron chi connectivity index (χ1n) is 8.12. The molecule has 2 aromatic heterocycles. The van der Waals surface area contributed by atoms with Crippen molar-refractivity contribution in [2.75, 3.05) is 5.32 Å². The zero-order valence-electron chi connectivity index (χ0n) is 13.9. The van der Waals surface area contributed by atoms with Crippen molar-refractivity contribution in [1.82, 2.24) is 24.5 Å². The third kappa shape index (κ3) is 3.36. The molecule has 0 fully saturated rings. The molecule has 4 aromatic rings. The van der Waals surface area contributed by atoms with Crippen LogP contribution in [0.15, 0.2) is 79.6 Å². The molecule has 0 unspecified atom stereocenters. The number of anilines is 1. The van der Waals surface area contributed by atoms with Crippen molar-refractivity contribution >= 4 is 11.6 Å². The van der Waals surface area contributed by atoms with E-state index < -0.39 is 0 Å². The summed E-state index contributed by atoms with van der Waals surface area (Å²) < 4.78 is 3.37. The van der Waals surface area contributed by atoms with Crippen molar-refractivity contribution in [1.29, 1.82) is 0 Å². The highest BCUT2D eigenvalue weighted by Crippen LogP contribution is 2.19. The van der Waals surface area contributed by atoms with Crippen LogP contribution in [0.5, 0.6) is 0 Å². The lowest BCUT2D eigenvalue weighted by molar-refractivity contribution is -0.115. The van der Waals surface area contributed by atoms with Crippen LogP contribution in [0.2, 0.25) is 0 Å². The maximum atomic E-state index is 12.5. The van der Waals surface area contributed by atoms with Gasteiger partial charge in [0.05, 0.1) is 29.7 Å². The predicted octanol–water partition coefficient (Wildman–Crippen LogP) is 2.63. The number of aromatic nitrogens is 5. The number of carbonyl (C=O) groups excluding carboxylic acids is 1. The van der Waals surface area contributed by atoms with Crippen LogP contribution in [-0.2, 0) is 11.2 Å². The Kier molecular flexibility index (Phi) is 4.26. The molecule has 2 aromatic carbocycles. The average Bonchev–Trinajstić information content (AvgIpc) is 3.35. The van der Waals surface area contributed by atoms with Gasteiger partial charge in [0, 0.05) is 6.20 Å². The summed E-state index contributed by atoms with van der Waals surface area (Å²) in [5.74, 6) is -0.120. The Morgan fingerprint density at radius 2 is 1.77 bits per heavy atom. The number of nitrogens with one attached hydrogen (secondary N) is 1. The number of benzene rings is 2. The number of para-hydroxylation sites is 3. The lowest BCUT2D eigenvalue weighted by Gasteiger charge is -2.10. The second kappa shape index (κ2) is 7.02. The van der Waals surface area contributed by atoms with E-state index >= 15 is 0 Å². The third-order valence-electron chi connectivity index (χ3n) is 3.87. The highest BCUT2D eigenvalue weighted by atomic mass is 16.1. The van der Waals surface area contributed by atoms with Crippen LogP contribution in [0.1, 0.15) is 5.56 Å². The fraction of sp³-hybridized carbons (Fsp3) is 0.0526. The van der Waals surface area contributed by atoms with Crippen LogP contribution in [0, 0.1) is 0 Å². The second-order valence-corrected chi connectivity index (χ2v) is 5.71. The van der Waals surface area contributed by atoms with E-state index in [0.29, 0.717) is 5.69 Å². The first kappa shape index (κ1) is 15.8. The molecule has 1 amide bonds. The van der Waals surface area contributed by atoms with Crippen molar-refractivity contribution in [2.24, 2.45) is 0 Å². The highest BCUT2D eigenvalue weighted by molar-refractivity contribution is 5.94. The molecular formula is C19H16N6O. The molecule has 7 heteroatoms. The summed E-state index contributed by atoms with van der Waals surface area (Å²) >= 11 is 0. The summed E-state index contributed by atoms with van der Waals surface area (Å²) in [7, 11) is 0. The Morgan fingerprint density at radius 1 is 0.962 bits per heavy atom. The van der Waals surface area contributed by atoms with Gasteiger partial charge in [-0.2, -0.15) is 10.2 Å². The second-order valence-electron chi connectivity index (χ2n) is 5.71. The van der Waals surface area contributed by atoms with E-state index in [1.54, 1.807) is 21.9 Å². The number of rotatable bonds is 5. The highest BCUT2D eigenvalue weighted by Gasteiger charge is 2.11. The molecule has 128 valence electrons. The minimum atomic E-state index is -0.120. The van der Waals surface area contributed by atoms with Gasteiger partial charge in [-0.25, -0.2) is 14.3 Å². The van der Waals surface area contributed by atoms with Crippen molar-refractivity contribution in [3.63, 3.8) is 0 Å². The van der Waals surface area contributed by atoms with Crippen LogP contribution in [0.25, 0.3) is 11.4 Å². The molecule has 0 aliphatic carbocycles. The molecule has 26 heavy (non-hydrogen) atoms. The quantitative estimate of drug-likeness (QED) is 0.604. The maximum Gasteiger partial charge on any atom is 0.228 e. The molecule has 0 bridgehead atoms.